The van der Waals surface area contributed by atoms with E-state index in [0.717, 1.165) is 12.0 Å². The van der Waals surface area contributed by atoms with Crippen molar-refractivity contribution >= 4 is 0 Å². The molecule has 20 heavy (non-hydrogen) atoms. The molecule has 2 nitrogen and oxygen atoms in total. The van der Waals surface area contributed by atoms with E-state index in [0.29, 0.717) is 5.54 Å². The van der Waals surface area contributed by atoms with E-state index >= 15 is 0 Å². The molecule has 2 unspecified atom stereocenters. The van der Waals surface area contributed by atoms with Gasteiger partial charge in [0.2, 0.25) is 0 Å². The molecular weight excluding hydrogens is 244 g/mol. The maximum absolute atomic E-state index is 3.76. The van der Waals surface area contributed by atoms with E-state index in [4.69, 9.17) is 0 Å². The van der Waals surface area contributed by atoms with Crippen molar-refractivity contribution in [1.29, 1.82) is 0 Å². The Balaban J connectivity index is 2.24. The maximum atomic E-state index is 3.76. The van der Waals surface area contributed by atoms with Gasteiger partial charge in [0, 0.05) is 24.7 Å². The topological polar surface area (TPSA) is 15.3 Å². The maximum Gasteiger partial charge on any atom is 0.0278 e. The quantitative estimate of drug-likeness (QED) is 0.629. The molecule has 1 aliphatic rings. The summed E-state index contributed by atoms with van der Waals surface area (Å²) < 4.78 is 0. The second kappa shape index (κ2) is 9.04. The van der Waals surface area contributed by atoms with Gasteiger partial charge in [0.15, 0.2) is 0 Å². The fourth-order valence-electron chi connectivity index (χ4n) is 3.25. The molecule has 120 valence electrons. The normalized spacial score (nSPS) is 28.2. The lowest BCUT2D eigenvalue weighted by Gasteiger charge is -2.46. The molecule has 0 aliphatic carbocycles. The molecule has 1 heterocycles. The molecular formula is C18H38N2. The Morgan fingerprint density at radius 3 is 2.45 bits per heavy atom. The zero-order chi connectivity index (χ0) is 15.0. The van der Waals surface area contributed by atoms with Crippen LogP contribution in [0.3, 0.4) is 0 Å². The van der Waals surface area contributed by atoms with Gasteiger partial charge in [-0.2, -0.15) is 0 Å². The molecule has 1 N–H and O–H groups in total. The summed E-state index contributed by atoms with van der Waals surface area (Å²) in [4.78, 5) is 2.75. The molecule has 0 bridgehead atoms. The van der Waals surface area contributed by atoms with E-state index in [-0.39, 0.29) is 0 Å². The highest BCUT2D eigenvalue weighted by Gasteiger charge is 2.33. The van der Waals surface area contributed by atoms with Crippen molar-refractivity contribution in [3.05, 3.63) is 0 Å². The van der Waals surface area contributed by atoms with Gasteiger partial charge in [-0.05, 0) is 38.6 Å². The Hall–Kier alpha value is -0.0800. The van der Waals surface area contributed by atoms with Crippen LogP contribution >= 0.6 is 0 Å². The highest BCUT2D eigenvalue weighted by atomic mass is 15.2. The van der Waals surface area contributed by atoms with Gasteiger partial charge in [-0.15, -0.1) is 0 Å². The van der Waals surface area contributed by atoms with Crippen molar-refractivity contribution in [2.75, 3.05) is 19.6 Å². The summed E-state index contributed by atoms with van der Waals surface area (Å²) in [7, 11) is 0. The van der Waals surface area contributed by atoms with E-state index in [2.05, 4.69) is 44.8 Å². The van der Waals surface area contributed by atoms with Gasteiger partial charge in [0.25, 0.3) is 0 Å². The van der Waals surface area contributed by atoms with Gasteiger partial charge in [-0.1, -0.05) is 53.4 Å². The zero-order valence-electron chi connectivity index (χ0n) is 14.7. The van der Waals surface area contributed by atoms with Crippen LogP contribution in [0.1, 0.15) is 79.6 Å². The Bertz CT molecular complexity index is 252. The lowest BCUT2D eigenvalue weighted by Crippen LogP contribution is -2.62. The summed E-state index contributed by atoms with van der Waals surface area (Å²) in [5.74, 6) is 0.873. The first-order valence-electron chi connectivity index (χ1n) is 8.99. The molecule has 1 fully saturated rings. The van der Waals surface area contributed by atoms with Crippen LogP contribution in [-0.2, 0) is 0 Å². The minimum absolute atomic E-state index is 0.337. The van der Waals surface area contributed by atoms with Gasteiger partial charge < -0.3 is 5.32 Å². The Morgan fingerprint density at radius 1 is 1.15 bits per heavy atom. The second-order valence-corrected chi connectivity index (χ2v) is 7.42. The molecule has 0 aromatic rings. The van der Waals surface area contributed by atoms with Crippen LogP contribution in [0.15, 0.2) is 0 Å². The predicted molar refractivity (Wildman–Crippen MR) is 90.3 cm³/mol. The first kappa shape index (κ1) is 18.0. The summed E-state index contributed by atoms with van der Waals surface area (Å²) in [6.45, 7) is 15.4. The van der Waals surface area contributed by atoms with Crippen LogP contribution in [0.4, 0.5) is 0 Å². The van der Waals surface area contributed by atoms with Crippen molar-refractivity contribution in [2.24, 2.45) is 5.92 Å². The van der Waals surface area contributed by atoms with E-state index in [9.17, 15) is 0 Å². The predicted octanol–water partition coefficient (Wildman–Crippen LogP) is 4.45. The highest BCUT2D eigenvalue weighted by Crippen LogP contribution is 2.21. The molecule has 0 spiro atoms. The average Bonchev–Trinajstić information content (AvgIpc) is 2.42. The third kappa shape index (κ3) is 6.13. The van der Waals surface area contributed by atoms with E-state index in [1.54, 1.807) is 0 Å². The molecule has 2 heteroatoms. The Kier molecular flexibility index (Phi) is 8.13. The number of hydrogen-bond acceptors (Lipinski definition) is 2. The third-order valence-corrected chi connectivity index (χ3v) is 5.06. The van der Waals surface area contributed by atoms with E-state index in [1.807, 2.05) is 0 Å². The van der Waals surface area contributed by atoms with Crippen molar-refractivity contribution in [3.63, 3.8) is 0 Å². The number of hydrogen-bond donors (Lipinski definition) is 1. The summed E-state index contributed by atoms with van der Waals surface area (Å²) in [6, 6.07) is 0.755. The van der Waals surface area contributed by atoms with Crippen molar-refractivity contribution in [1.82, 2.24) is 10.2 Å². The average molecular weight is 283 g/mol. The largest absolute Gasteiger partial charge is 0.309 e. The molecule has 0 aromatic heterocycles. The van der Waals surface area contributed by atoms with Gasteiger partial charge in [0.1, 0.15) is 0 Å². The van der Waals surface area contributed by atoms with Crippen LogP contribution in [0.25, 0.3) is 0 Å². The van der Waals surface area contributed by atoms with Crippen LogP contribution in [0, 0.1) is 5.92 Å². The first-order chi connectivity index (χ1) is 9.50. The van der Waals surface area contributed by atoms with Gasteiger partial charge in [0.05, 0.1) is 0 Å². The number of nitrogens with one attached hydrogen (secondary N) is 1. The molecule has 0 amide bonds. The number of unbranched alkanes of at least 4 members (excludes halogenated alkanes) is 3. The second-order valence-electron chi connectivity index (χ2n) is 7.42. The van der Waals surface area contributed by atoms with Crippen LogP contribution < -0.4 is 5.32 Å². The fraction of sp³-hybridized carbons (Fsp3) is 1.00. The standard InChI is InChI=1S/C18H38N2/c1-6-17-14-19-18(5,7-2)15-20(17)13-11-9-8-10-12-16(3)4/h16-17,19H,6-15H2,1-5H3. The molecule has 2 atom stereocenters. The van der Waals surface area contributed by atoms with Crippen LogP contribution in [0.2, 0.25) is 0 Å². The number of piperazine rings is 1. The van der Waals surface area contributed by atoms with E-state index < -0.39 is 0 Å². The van der Waals surface area contributed by atoms with Gasteiger partial charge in [-0.25, -0.2) is 0 Å². The smallest absolute Gasteiger partial charge is 0.0278 e. The minimum Gasteiger partial charge on any atom is -0.309 e. The first-order valence-corrected chi connectivity index (χ1v) is 8.99. The Labute approximate surface area is 127 Å². The zero-order valence-corrected chi connectivity index (χ0v) is 14.7. The van der Waals surface area contributed by atoms with Crippen LogP contribution in [-0.4, -0.2) is 36.1 Å². The lowest BCUT2D eigenvalue weighted by molar-refractivity contribution is 0.0803. The summed E-state index contributed by atoms with van der Waals surface area (Å²) in [6.07, 6.45) is 9.55. The highest BCUT2D eigenvalue weighted by molar-refractivity contribution is 4.93. The summed E-state index contributed by atoms with van der Waals surface area (Å²) >= 11 is 0. The molecule has 0 saturated carbocycles. The SMILES string of the molecule is CCC1CNC(C)(CC)CN1CCCCCCC(C)C. The molecule has 0 aromatic carbocycles. The lowest BCUT2D eigenvalue weighted by atomic mass is 9.92. The minimum atomic E-state index is 0.337. The van der Waals surface area contributed by atoms with Crippen molar-refractivity contribution in [2.45, 2.75) is 91.1 Å². The van der Waals surface area contributed by atoms with Gasteiger partial charge in [-0.3, -0.25) is 4.90 Å². The Morgan fingerprint density at radius 2 is 1.85 bits per heavy atom. The molecule has 1 aliphatic heterocycles. The number of nitrogens with zero attached hydrogens (tertiary/aromatic N) is 1. The molecule has 1 saturated heterocycles. The summed E-state index contributed by atoms with van der Waals surface area (Å²) in [5.41, 5.74) is 0.337. The van der Waals surface area contributed by atoms with Crippen molar-refractivity contribution in [3.8, 4) is 0 Å². The van der Waals surface area contributed by atoms with Crippen molar-refractivity contribution < 1.29 is 0 Å². The fourth-order valence-corrected chi connectivity index (χ4v) is 3.25. The van der Waals surface area contributed by atoms with Gasteiger partial charge >= 0.3 is 0 Å². The third-order valence-electron chi connectivity index (χ3n) is 5.06. The molecule has 1 rings (SSSR count). The summed E-state index contributed by atoms with van der Waals surface area (Å²) in [5, 5.41) is 3.76. The molecule has 0 radical (unpaired) electrons. The number of rotatable bonds is 9. The monoisotopic (exact) mass is 282 g/mol. The van der Waals surface area contributed by atoms with Crippen LogP contribution in [0.5, 0.6) is 0 Å². The van der Waals surface area contributed by atoms with E-state index in [1.165, 1.54) is 64.6 Å².